The van der Waals surface area contributed by atoms with Crippen LogP contribution in [0.3, 0.4) is 0 Å². The number of phenols is 2. The molecule has 1 aromatic rings. The molecule has 0 aliphatic carbocycles. The van der Waals surface area contributed by atoms with E-state index >= 15 is 0 Å². The second-order valence-corrected chi connectivity index (χ2v) is 9.30. The van der Waals surface area contributed by atoms with Crippen LogP contribution in [-0.4, -0.2) is 10.2 Å². The van der Waals surface area contributed by atoms with E-state index in [9.17, 15) is 10.2 Å². The van der Waals surface area contributed by atoms with Crippen molar-refractivity contribution in [3.05, 3.63) is 68.9 Å². The summed E-state index contributed by atoms with van der Waals surface area (Å²) in [7, 11) is 0. The molecular weight excluding hydrogens is 380 g/mol. The maximum Gasteiger partial charge on any atom is 0.160 e. The van der Waals surface area contributed by atoms with Crippen LogP contribution in [-0.2, 0) is 6.42 Å². The van der Waals surface area contributed by atoms with Gasteiger partial charge in [-0.1, -0.05) is 46.6 Å². The summed E-state index contributed by atoms with van der Waals surface area (Å²) in [5, 5.41) is 20.2. The summed E-state index contributed by atoms with van der Waals surface area (Å²) in [6, 6.07) is 0. The van der Waals surface area contributed by atoms with Gasteiger partial charge in [0.05, 0.1) is 0 Å². The van der Waals surface area contributed by atoms with Gasteiger partial charge in [-0.2, -0.15) is 0 Å². The lowest BCUT2D eigenvalue weighted by Crippen LogP contribution is -1.97. The highest BCUT2D eigenvalue weighted by atomic mass is 16.3. The molecule has 0 atom stereocenters. The van der Waals surface area contributed by atoms with Crippen LogP contribution in [0, 0.1) is 20.8 Å². The topological polar surface area (TPSA) is 40.5 Å². The number of allylic oxidation sites excluding steroid dienone is 8. The van der Waals surface area contributed by atoms with Crippen molar-refractivity contribution < 1.29 is 10.2 Å². The first kappa shape index (κ1) is 26.8. The van der Waals surface area contributed by atoms with Gasteiger partial charge in [0, 0.05) is 0 Å². The first-order valence-electron chi connectivity index (χ1n) is 11.6. The molecule has 0 aliphatic rings. The third kappa shape index (κ3) is 9.21. The Morgan fingerprint density at radius 2 is 1.00 bits per heavy atom. The second-order valence-electron chi connectivity index (χ2n) is 9.30. The van der Waals surface area contributed by atoms with Gasteiger partial charge in [-0.05, 0) is 123 Å². The van der Waals surface area contributed by atoms with Gasteiger partial charge < -0.3 is 10.2 Å². The van der Waals surface area contributed by atoms with E-state index in [0.29, 0.717) is 0 Å². The third-order valence-corrected chi connectivity index (χ3v) is 6.21. The number of aromatic hydroxyl groups is 2. The number of benzene rings is 1. The molecule has 0 saturated heterocycles. The molecule has 0 saturated carbocycles. The first-order valence-corrected chi connectivity index (χ1v) is 11.6. The smallest absolute Gasteiger partial charge is 0.160 e. The highest BCUT2D eigenvalue weighted by Gasteiger charge is 2.15. The van der Waals surface area contributed by atoms with Crippen LogP contribution in [0.1, 0.15) is 95.4 Å². The highest BCUT2D eigenvalue weighted by molar-refractivity contribution is 5.57. The number of hydrogen-bond acceptors (Lipinski definition) is 2. The van der Waals surface area contributed by atoms with Crippen LogP contribution in [0.25, 0.3) is 0 Å². The van der Waals surface area contributed by atoms with Crippen molar-refractivity contribution in [3.63, 3.8) is 0 Å². The van der Waals surface area contributed by atoms with Crippen molar-refractivity contribution in [1.29, 1.82) is 0 Å². The fourth-order valence-corrected chi connectivity index (χ4v) is 3.75. The molecule has 0 radical (unpaired) electrons. The van der Waals surface area contributed by atoms with Gasteiger partial charge in [-0.3, -0.25) is 0 Å². The summed E-state index contributed by atoms with van der Waals surface area (Å²) < 4.78 is 0. The molecule has 0 fully saturated rings. The lowest BCUT2D eigenvalue weighted by molar-refractivity contribution is 0.397. The van der Waals surface area contributed by atoms with E-state index < -0.39 is 0 Å². The van der Waals surface area contributed by atoms with E-state index in [4.69, 9.17) is 0 Å². The molecule has 2 heteroatoms. The quantitative estimate of drug-likeness (QED) is 0.275. The minimum Gasteiger partial charge on any atom is -0.504 e. The van der Waals surface area contributed by atoms with Crippen LogP contribution >= 0.6 is 0 Å². The molecule has 31 heavy (non-hydrogen) atoms. The Bertz CT molecular complexity index is 830. The average molecular weight is 425 g/mol. The fraction of sp³-hybridized carbons (Fsp3) is 0.517. The molecule has 2 nitrogen and oxygen atoms in total. The molecule has 0 spiro atoms. The van der Waals surface area contributed by atoms with Gasteiger partial charge in [0.25, 0.3) is 0 Å². The van der Waals surface area contributed by atoms with Gasteiger partial charge >= 0.3 is 0 Å². The first-order chi connectivity index (χ1) is 14.5. The lowest BCUT2D eigenvalue weighted by atomic mass is 9.93. The van der Waals surface area contributed by atoms with E-state index in [1.807, 2.05) is 20.8 Å². The van der Waals surface area contributed by atoms with Crippen LogP contribution in [0.15, 0.2) is 46.6 Å². The summed E-state index contributed by atoms with van der Waals surface area (Å²) in [5.41, 5.74) is 9.45. The van der Waals surface area contributed by atoms with Gasteiger partial charge in [0.1, 0.15) is 0 Å². The lowest BCUT2D eigenvalue weighted by Gasteiger charge is -2.15. The van der Waals surface area contributed by atoms with E-state index in [0.717, 1.165) is 67.2 Å². The second kappa shape index (κ2) is 13.2. The molecule has 1 aromatic carbocycles. The molecule has 0 heterocycles. The standard InChI is InChI=1S/C29H44O2/c1-20(2)12-9-13-21(3)14-10-15-22(4)16-11-17-23(5)18-19-27-24(6)25(7)28(30)29(31)26(27)8/h12,14,16,18,30-31H,9-11,13,15,17,19H2,1-8H3/b21-14+,22-16+,23-18+. The number of rotatable bonds is 11. The molecule has 0 aliphatic heterocycles. The molecular formula is C29H44O2. The van der Waals surface area contributed by atoms with Crippen molar-refractivity contribution in [3.8, 4) is 11.5 Å². The van der Waals surface area contributed by atoms with Crippen LogP contribution < -0.4 is 0 Å². The number of phenolic OH excluding ortho intramolecular Hbond substituents is 2. The normalized spacial score (nSPS) is 13.0. The zero-order valence-corrected chi connectivity index (χ0v) is 21.2. The summed E-state index contributed by atoms with van der Waals surface area (Å²) in [4.78, 5) is 0. The Balaban J connectivity index is 2.52. The Morgan fingerprint density at radius 3 is 1.48 bits per heavy atom. The van der Waals surface area contributed by atoms with E-state index in [-0.39, 0.29) is 11.5 Å². The van der Waals surface area contributed by atoms with Crippen molar-refractivity contribution in [1.82, 2.24) is 0 Å². The van der Waals surface area contributed by atoms with Crippen molar-refractivity contribution in [2.45, 2.75) is 100 Å². The monoisotopic (exact) mass is 424 g/mol. The Hall–Kier alpha value is -2.22. The van der Waals surface area contributed by atoms with Gasteiger partial charge in [0.2, 0.25) is 0 Å². The summed E-state index contributed by atoms with van der Waals surface area (Å²) in [6.45, 7) is 16.7. The third-order valence-electron chi connectivity index (χ3n) is 6.21. The van der Waals surface area contributed by atoms with Crippen LogP contribution in [0.5, 0.6) is 11.5 Å². The van der Waals surface area contributed by atoms with Crippen molar-refractivity contribution >= 4 is 0 Å². The van der Waals surface area contributed by atoms with E-state index in [1.165, 1.54) is 22.3 Å². The van der Waals surface area contributed by atoms with Crippen LogP contribution in [0.2, 0.25) is 0 Å². The van der Waals surface area contributed by atoms with Crippen LogP contribution in [0.4, 0.5) is 0 Å². The molecule has 0 unspecified atom stereocenters. The Kier molecular flexibility index (Phi) is 11.5. The van der Waals surface area contributed by atoms with Crippen molar-refractivity contribution in [2.24, 2.45) is 0 Å². The summed E-state index contributed by atoms with van der Waals surface area (Å²) in [5.74, 6) is 0.0296. The maximum atomic E-state index is 10.1. The predicted octanol–water partition coefficient (Wildman–Crippen LogP) is 8.71. The fourth-order valence-electron chi connectivity index (χ4n) is 3.75. The highest BCUT2D eigenvalue weighted by Crippen LogP contribution is 2.37. The summed E-state index contributed by atoms with van der Waals surface area (Å²) in [6.07, 6.45) is 16.8. The number of hydrogen-bond donors (Lipinski definition) is 2. The Labute approximate surface area is 191 Å². The van der Waals surface area contributed by atoms with E-state index in [2.05, 4.69) is 58.9 Å². The minimum absolute atomic E-state index is 0.0120. The van der Waals surface area contributed by atoms with Gasteiger partial charge in [-0.25, -0.2) is 0 Å². The Morgan fingerprint density at radius 1 is 0.581 bits per heavy atom. The molecule has 0 bridgehead atoms. The average Bonchev–Trinajstić information content (AvgIpc) is 2.70. The SMILES string of the molecule is CC(C)=CCC/C(C)=C/CC/C(C)=C/CC/C(C)=C/Cc1c(C)c(C)c(O)c(O)c1C. The van der Waals surface area contributed by atoms with Gasteiger partial charge in [0.15, 0.2) is 11.5 Å². The minimum atomic E-state index is 0.0120. The van der Waals surface area contributed by atoms with E-state index in [1.54, 1.807) is 0 Å². The predicted molar refractivity (Wildman–Crippen MR) is 136 cm³/mol. The summed E-state index contributed by atoms with van der Waals surface area (Å²) >= 11 is 0. The molecule has 0 aromatic heterocycles. The largest absolute Gasteiger partial charge is 0.504 e. The maximum absolute atomic E-state index is 10.1. The molecule has 0 amide bonds. The molecule has 1 rings (SSSR count). The van der Waals surface area contributed by atoms with Gasteiger partial charge in [-0.15, -0.1) is 0 Å². The zero-order valence-electron chi connectivity index (χ0n) is 21.2. The molecule has 2 N–H and O–H groups in total. The van der Waals surface area contributed by atoms with Crippen molar-refractivity contribution in [2.75, 3.05) is 0 Å². The zero-order chi connectivity index (χ0) is 23.6. The molecule has 172 valence electrons.